The molecule has 0 bridgehead atoms. The summed E-state index contributed by atoms with van der Waals surface area (Å²) >= 11 is 5.97. The average molecular weight is 366 g/mol. The van der Waals surface area contributed by atoms with E-state index in [4.69, 9.17) is 11.6 Å². The summed E-state index contributed by atoms with van der Waals surface area (Å²) in [5.41, 5.74) is 2.79. The van der Waals surface area contributed by atoms with E-state index in [2.05, 4.69) is 22.2 Å². The lowest BCUT2D eigenvalue weighted by molar-refractivity contribution is -0.274. The molecule has 0 fully saturated rings. The van der Waals surface area contributed by atoms with Gasteiger partial charge in [-0.05, 0) is 53.8 Å². The topological polar surface area (TPSA) is 21.3 Å². The quantitative estimate of drug-likeness (QED) is 0.652. The zero-order chi connectivity index (χ0) is 17.6. The minimum absolute atomic E-state index is 0.0636. The van der Waals surface area contributed by atoms with Gasteiger partial charge in [0.15, 0.2) is 0 Å². The van der Waals surface area contributed by atoms with Crippen molar-refractivity contribution in [1.29, 1.82) is 0 Å². The van der Waals surface area contributed by atoms with Crippen molar-refractivity contribution >= 4 is 17.3 Å². The number of fused-ring (bicyclic) bond motifs is 3. The normalized spacial score (nSPS) is 24.4. The molecule has 1 N–H and O–H groups in total. The van der Waals surface area contributed by atoms with Crippen LogP contribution in [0.25, 0.3) is 0 Å². The van der Waals surface area contributed by atoms with E-state index in [1.807, 2.05) is 24.3 Å². The molecule has 3 unspecified atom stereocenters. The van der Waals surface area contributed by atoms with E-state index in [0.29, 0.717) is 5.02 Å². The van der Waals surface area contributed by atoms with Crippen molar-refractivity contribution in [1.82, 2.24) is 0 Å². The summed E-state index contributed by atoms with van der Waals surface area (Å²) in [5, 5.41) is 4.15. The van der Waals surface area contributed by atoms with Gasteiger partial charge in [0, 0.05) is 16.6 Å². The number of ether oxygens (including phenoxy) is 1. The first-order valence-corrected chi connectivity index (χ1v) is 8.37. The van der Waals surface area contributed by atoms with E-state index in [1.54, 1.807) is 6.07 Å². The number of alkyl halides is 3. The highest BCUT2D eigenvalue weighted by Gasteiger charge is 2.38. The largest absolute Gasteiger partial charge is 0.573 e. The van der Waals surface area contributed by atoms with Crippen LogP contribution < -0.4 is 10.1 Å². The van der Waals surface area contributed by atoms with Gasteiger partial charge in [-0.3, -0.25) is 0 Å². The molecule has 0 saturated heterocycles. The molecule has 0 spiro atoms. The number of anilines is 1. The van der Waals surface area contributed by atoms with Crippen LogP contribution in [0.15, 0.2) is 54.6 Å². The van der Waals surface area contributed by atoms with Gasteiger partial charge in [-0.2, -0.15) is 0 Å². The zero-order valence-electron chi connectivity index (χ0n) is 13.1. The molecule has 0 saturated carbocycles. The lowest BCUT2D eigenvalue weighted by atomic mass is 9.77. The van der Waals surface area contributed by atoms with Crippen LogP contribution in [-0.4, -0.2) is 6.36 Å². The fraction of sp³-hybridized carbons (Fsp3) is 0.263. The van der Waals surface area contributed by atoms with Crippen LogP contribution in [0, 0.1) is 5.92 Å². The summed E-state index contributed by atoms with van der Waals surface area (Å²) in [5.74, 6) is 0.126. The highest BCUT2D eigenvalue weighted by Crippen LogP contribution is 2.50. The monoisotopic (exact) mass is 365 g/mol. The molecule has 6 heteroatoms. The number of benzene rings is 2. The first-order chi connectivity index (χ1) is 11.9. The summed E-state index contributed by atoms with van der Waals surface area (Å²) < 4.78 is 41.6. The summed E-state index contributed by atoms with van der Waals surface area (Å²) in [7, 11) is 0. The Morgan fingerprint density at radius 1 is 1.08 bits per heavy atom. The van der Waals surface area contributed by atoms with Crippen LogP contribution in [0.4, 0.5) is 18.9 Å². The molecule has 25 heavy (non-hydrogen) atoms. The first kappa shape index (κ1) is 16.3. The number of hydrogen-bond acceptors (Lipinski definition) is 2. The van der Waals surface area contributed by atoms with E-state index in [0.717, 1.165) is 23.2 Å². The molecule has 2 aromatic rings. The van der Waals surface area contributed by atoms with Crippen LogP contribution in [0.5, 0.6) is 5.75 Å². The molecule has 0 aromatic heterocycles. The van der Waals surface area contributed by atoms with E-state index in [1.165, 1.54) is 12.1 Å². The van der Waals surface area contributed by atoms with Gasteiger partial charge in [-0.1, -0.05) is 35.9 Å². The smallest absolute Gasteiger partial charge is 0.406 e. The third-order valence-corrected chi connectivity index (χ3v) is 5.05. The molecule has 1 heterocycles. The Kier molecular flexibility index (Phi) is 3.91. The van der Waals surface area contributed by atoms with Gasteiger partial charge in [0.05, 0.1) is 6.04 Å². The van der Waals surface area contributed by atoms with Gasteiger partial charge in [0.25, 0.3) is 0 Å². The maximum absolute atomic E-state index is 12.5. The van der Waals surface area contributed by atoms with Crippen molar-refractivity contribution in [3.63, 3.8) is 0 Å². The van der Waals surface area contributed by atoms with Crippen molar-refractivity contribution in [3.05, 3.63) is 70.8 Å². The van der Waals surface area contributed by atoms with Crippen molar-refractivity contribution in [2.24, 2.45) is 5.92 Å². The lowest BCUT2D eigenvalue weighted by Gasteiger charge is -2.37. The van der Waals surface area contributed by atoms with Gasteiger partial charge >= 0.3 is 6.36 Å². The molecule has 2 aromatic carbocycles. The molecule has 3 atom stereocenters. The van der Waals surface area contributed by atoms with E-state index < -0.39 is 6.36 Å². The summed E-state index contributed by atoms with van der Waals surface area (Å²) in [6.07, 6.45) is 0.346. The van der Waals surface area contributed by atoms with Crippen LogP contribution >= 0.6 is 11.6 Å². The summed E-state index contributed by atoms with van der Waals surface area (Å²) in [6.45, 7) is 0. The van der Waals surface area contributed by atoms with Crippen LogP contribution in [0.3, 0.4) is 0 Å². The molecule has 0 amide bonds. The maximum atomic E-state index is 12.5. The average Bonchev–Trinajstić information content (AvgIpc) is 3.03. The second kappa shape index (κ2) is 5.99. The van der Waals surface area contributed by atoms with Crippen molar-refractivity contribution in [3.8, 4) is 5.75 Å². The Morgan fingerprint density at radius 2 is 1.84 bits per heavy atom. The van der Waals surface area contributed by atoms with Crippen LogP contribution in [0.2, 0.25) is 5.02 Å². The number of halogens is 4. The summed E-state index contributed by atoms with van der Waals surface area (Å²) in [4.78, 5) is 0. The standard InChI is InChI=1S/C19H15ClF3NO/c20-12-6-4-11(5-7-12)18-15-3-1-2-14(15)16-10-13(25-19(21,22)23)8-9-17(16)24-18/h1-2,4-10,14-15,18,24H,3H2. The van der Waals surface area contributed by atoms with Gasteiger partial charge < -0.3 is 10.1 Å². The van der Waals surface area contributed by atoms with Gasteiger partial charge in [0.1, 0.15) is 5.75 Å². The third kappa shape index (κ3) is 3.21. The van der Waals surface area contributed by atoms with E-state index >= 15 is 0 Å². The highest BCUT2D eigenvalue weighted by molar-refractivity contribution is 6.30. The highest BCUT2D eigenvalue weighted by atomic mass is 35.5. The predicted molar refractivity (Wildman–Crippen MR) is 90.9 cm³/mol. The second-order valence-corrected chi connectivity index (χ2v) is 6.76. The van der Waals surface area contributed by atoms with Crippen LogP contribution in [-0.2, 0) is 0 Å². The van der Waals surface area contributed by atoms with Gasteiger partial charge in [-0.15, -0.1) is 13.2 Å². The molecule has 2 nitrogen and oxygen atoms in total. The first-order valence-electron chi connectivity index (χ1n) is 7.99. The third-order valence-electron chi connectivity index (χ3n) is 4.80. The fourth-order valence-electron chi connectivity index (χ4n) is 3.77. The number of nitrogens with one attached hydrogen (secondary N) is 1. The van der Waals surface area contributed by atoms with Crippen molar-refractivity contribution in [2.45, 2.75) is 24.7 Å². The molecule has 130 valence electrons. The zero-order valence-corrected chi connectivity index (χ0v) is 13.8. The molecule has 2 aliphatic rings. The Hall–Kier alpha value is -2.14. The molecule has 0 radical (unpaired) electrons. The molecule has 4 rings (SSSR count). The van der Waals surface area contributed by atoms with Crippen molar-refractivity contribution in [2.75, 3.05) is 5.32 Å². The molecular formula is C19H15ClF3NO. The Labute approximate surface area is 148 Å². The number of rotatable bonds is 2. The molecular weight excluding hydrogens is 351 g/mol. The van der Waals surface area contributed by atoms with Gasteiger partial charge in [0.2, 0.25) is 0 Å². The van der Waals surface area contributed by atoms with Crippen LogP contribution in [0.1, 0.15) is 29.5 Å². The Morgan fingerprint density at radius 3 is 2.56 bits per heavy atom. The number of allylic oxidation sites excluding steroid dienone is 2. The fourth-order valence-corrected chi connectivity index (χ4v) is 3.90. The molecule has 1 aliphatic carbocycles. The minimum atomic E-state index is -4.69. The summed E-state index contributed by atoms with van der Waals surface area (Å²) in [6, 6.07) is 12.2. The minimum Gasteiger partial charge on any atom is -0.406 e. The maximum Gasteiger partial charge on any atom is 0.573 e. The van der Waals surface area contributed by atoms with Gasteiger partial charge in [-0.25, -0.2) is 0 Å². The number of hydrogen-bond donors (Lipinski definition) is 1. The Bertz CT molecular complexity index is 816. The molecule has 1 aliphatic heterocycles. The van der Waals surface area contributed by atoms with Crippen molar-refractivity contribution < 1.29 is 17.9 Å². The van der Waals surface area contributed by atoms with E-state index in [-0.39, 0.29) is 23.6 Å². The SMILES string of the molecule is FC(F)(F)Oc1ccc2c(c1)C1C=CCC1C(c1ccc(Cl)cc1)N2. The lowest BCUT2D eigenvalue weighted by Crippen LogP contribution is -2.29. The predicted octanol–water partition coefficient (Wildman–Crippen LogP) is 6.07. The van der Waals surface area contributed by atoms with E-state index in [9.17, 15) is 13.2 Å². The second-order valence-electron chi connectivity index (χ2n) is 6.32. The Balaban J connectivity index is 1.70.